The maximum Gasteiger partial charge on any atom is 0.311 e. The van der Waals surface area contributed by atoms with E-state index in [1.807, 2.05) is 13.8 Å². The van der Waals surface area contributed by atoms with Crippen molar-refractivity contribution >= 4 is 5.97 Å². The summed E-state index contributed by atoms with van der Waals surface area (Å²) >= 11 is 0. The Hall–Kier alpha value is -1.39. The number of hydrogen-bond donors (Lipinski definition) is 2. The lowest BCUT2D eigenvalue weighted by Gasteiger charge is -2.44. The van der Waals surface area contributed by atoms with Gasteiger partial charge in [0.25, 0.3) is 0 Å². The highest BCUT2D eigenvalue weighted by molar-refractivity contribution is 5.74. The molecule has 3 aliphatic rings. The molecule has 0 aromatic heterocycles. The van der Waals surface area contributed by atoms with Crippen LogP contribution in [0.25, 0.3) is 0 Å². The van der Waals surface area contributed by atoms with Gasteiger partial charge >= 0.3 is 5.97 Å². The normalized spacial score (nSPS) is 36.2. The summed E-state index contributed by atoms with van der Waals surface area (Å²) in [6.45, 7) is 13.0. The molecule has 0 heterocycles. The SMILES string of the molecule is C=C1C[C@@H](C(=O)OC)[C@H](O)C/C1=C/C=C1\CCC[C@]2(C)[C@@H]([C@H](C)CCCC(C)(C)O)CC[C@@H]12. The van der Waals surface area contributed by atoms with Crippen LogP contribution in [0.1, 0.15) is 91.9 Å². The van der Waals surface area contributed by atoms with Crippen molar-refractivity contribution in [2.24, 2.45) is 29.1 Å². The minimum atomic E-state index is -0.704. The second-order valence-electron chi connectivity index (χ2n) is 11.9. The molecule has 2 N–H and O–H groups in total. The lowest BCUT2D eigenvalue weighted by atomic mass is 9.60. The third kappa shape index (κ3) is 6.00. The third-order valence-electron chi connectivity index (χ3n) is 8.99. The molecule has 0 aromatic rings. The molecule has 0 radical (unpaired) electrons. The van der Waals surface area contributed by atoms with Crippen molar-refractivity contribution in [2.45, 2.75) is 104 Å². The Bertz CT molecular complexity index is 786. The van der Waals surface area contributed by atoms with Gasteiger partial charge in [-0.2, -0.15) is 0 Å². The quantitative estimate of drug-likeness (QED) is 0.450. The third-order valence-corrected chi connectivity index (χ3v) is 8.99. The number of ether oxygens (including phenoxy) is 1. The lowest BCUT2D eigenvalue weighted by Crippen LogP contribution is -2.36. The number of aliphatic hydroxyl groups excluding tert-OH is 1. The number of esters is 1. The van der Waals surface area contributed by atoms with E-state index in [4.69, 9.17) is 4.74 Å². The summed E-state index contributed by atoms with van der Waals surface area (Å²) in [5.74, 6) is 1.21. The maximum atomic E-state index is 11.9. The minimum absolute atomic E-state index is 0.349. The summed E-state index contributed by atoms with van der Waals surface area (Å²) in [7, 11) is 1.37. The minimum Gasteiger partial charge on any atom is -0.469 e. The topological polar surface area (TPSA) is 66.8 Å². The van der Waals surface area contributed by atoms with Gasteiger partial charge in [-0.3, -0.25) is 4.79 Å². The Kier molecular flexibility index (Phi) is 8.32. The van der Waals surface area contributed by atoms with Crippen LogP contribution in [0.3, 0.4) is 0 Å². The first-order valence-corrected chi connectivity index (χ1v) is 13.0. The summed E-state index contributed by atoms with van der Waals surface area (Å²) in [5.41, 5.74) is 3.35. The molecule has 0 saturated heterocycles. The predicted octanol–water partition coefficient (Wildman–Crippen LogP) is 6.13. The number of allylic oxidation sites excluding steroid dienone is 4. The van der Waals surface area contributed by atoms with Crippen molar-refractivity contribution in [3.05, 3.63) is 35.5 Å². The lowest BCUT2D eigenvalue weighted by molar-refractivity contribution is -0.149. The predicted molar refractivity (Wildman–Crippen MR) is 134 cm³/mol. The van der Waals surface area contributed by atoms with Gasteiger partial charge in [0.1, 0.15) is 0 Å². The van der Waals surface area contributed by atoms with Gasteiger partial charge in [0.05, 0.1) is 24.7 Å². The second-order valence-corrected chi connectivity index (χ2v) is 11.9. The Morgan fingerprint density at radius 3 is 2.70 bits per heavy atom. The number of carbonyl (C=O) groups excluding carboxylic acids is 1. The largest absolute Gasteiger partial charge is 0.469 e. The van der Waals surface area contributed by atoms with E-state index >= 15 is 0 Å². The van der Waals surface area contributed by atoms with Crippen LogP contribution >= 0.6 is 0 Å². The highest BCUT2D eigenvalue weighted by Gasteiger charge is 2.50. The summed E-state index contributed by atoms with van der Waals surface area (Å²) < 4.78 is 4.84. The van der Waals surface area contributed by atoms with Gasteiger partial charge in [-0.25, -0.2) is 0 Å². The van der Waals surface area contributed by atoms with E-state index in [1.54, 1.807) is 5.57 Å². The van der Waals surface area contributed by atoms with Gasteiger partial charge in [0.15, 0.2) is 0 Å². The summed E-state index contributed by atoms with van der Waals surface area (Å²) in [6.07, 6.45) is 14.1. The van der Waals surface area contributed by atoms with Gasteiger partial charge in [0.2, 0.25) is 0 Å². The molecule has 4 nitrogen and oxygen atoms in total. The fraction of sp³-hybridized carbons (Fsp3) is 0.759. The highest BCUT2D eigenvalue weighted by atomic mass is 16.5. The number of rotatable bonds is 7. The van der Waals surface area contributed by atoms with Crippen molar-refractivity contribution < 1.29 is 19.7 Å². The molecule has 3 fully saturated rings. The number of methoxy groups -OCH3 is 1. The van der Waals surface area contributed by atoms with Gasteiger partial charge < -0.3 is 14.9 Å². The molecule has 0 bridgehead atoms. The fourth-order valence-electron chi connectivity index (χ4n) is 7.10. The Morgan fingerprint density at radius 2 is 2.03 bits per heavy atom. The average Bonchev–Trinajstić information content (AvgIpc) is 3.10. The zero-order chi connectivity index (χ0) is 24.4. The standard InChI is InChI=1S/C29H46O4/c1-19(9-7-15-28(3,4)32)24-13-14-25-21(10-8-16-29(24,25)5)11-12-22-18-26(30)23(17-20(22)2)27(31)33-6/h11-12,19,23-26,30,32H,2,7-10,13-18H2,1,3-6H3/b21-11+,22-12-/t19-,23-,24-,25+,26-,29-/m1/s1. The molecule has 3 rings (SSSR count). The molecular formula is C29H46O4. The van der Waals surface area contributed by atoms with Crippen LogP contribution in [0, 0.1) is 29.1 Å². The highest BCUT2D eigenvalue weighted by Crippen LogP contribution is 2.60. The Labute approximate surface area is 201 Å². The van der Waals surface area contributed by atoms with Crippen molar-refractivity contribution in [3.63, 3.8) is 0 Å². The molecule has 0 aromatic carbocycles. The zero-order valence-corrected chi connectivity index (χ0v) is 21.5. The Morgan fingerprint density at radius 1 is 1.30 bits per heavy atom. The molecule has 6 atom stereocenters. The van der Waals surface area contributed by atoms with Gasteiger partial charge in [-0.05, 0) is 94.0 Å². The van der Waals surface area contributed by atoms with Gasteiger partial charge in [-0.1, -0.05) is 56.6 Å². The van der Waals surface area contributed by atoms with E-state index in [0.717, 1.165) is 36.3 Å². The van der Waals surface area contributed by atoms with E-state index in [-0.39, 0.29) is 5.97 Å². The smallest absolute Gasteiger partial charge is 0.311 e. The maximum absolute atomic E-state index is 11.9. The van der Waals surface area contributed by atoms with Crippen molar-refractivity contribution in [2.75, 3.05) is 7.11 Å². The van der Waals surface area contributed by atoms with Gasteiger partial charge in [0, 0.05) is 0 Å². The molecule has 0 spiro atoms. The van der Waals surface area contributed by atoms with E-state index in [9.17, 15) is 15.0 Å². The number of hydrogen-bond acceptors (Lipinski definition) is 4. The molecule has 186 valence electrons. The number of fused-ring (bicyclic) bond motifs is 1. The Balaban J connectivity index is 1.69. The fourth-order valence-corrected chi connectivity index (χ4v) is 7.10. The summed E-state index contributed by atoms with van der Waals surface area (Å²) in [4.78, 5) is 11.9. The van der Waals surface area contributed by atoms with Crippen LogP contribution in [0.4, 0.5) is 0 Å². The van der Waals surface area contributed by atoms with Crippen molar-refractivity contribution in [1.29, 1.82) is 0 Å². The molecule has 33 heavy (non-hydrogen) atoms. The van der Waals surface area contributed by atoms with Crippen molar-refractivity contribution in [1.82, 2.24) is 0 Å². The van der Waals surface area contributed by atoms with Crippen LogP contribution in [0.5, 0.6) is 0 Å². The molecule has 0 unspecified atom stereocenters. The first-order valence-electron chi connectivity index (χ1n) is 13.0. The van der Waals surface area contributed by atoms with E-state index in [0.29, 0.717) is 30.1 Å². The molecule has 0 aliphatic heterocycles. The molecule has 3 aliphatic carbocycles. The monoisotopic (exact) mass is 458 g/mol. The first-order chi connectivity index (χ1) is 15.5. The van der Waals surface area contributed by atoms with Crippen LogP contribution < -0.4 is 0 Å². The molecular weight excluding hydrogens is 412 g/mol. The van der Waals surface area contributed by atoms with E-state index < -0.39 is 17.6 Å². The number of aliphatic hydroxyl groups is 2. The molecule has 4 heteroatoms. The average molecular weight is 459 g/mol. The van der Waals surface area contributed by atoms with E-state index in [1.165, 1.54) is 39.2 Å². The van der Waals surface area contributed by atoms with Crippen LogP contribution in [-0.2, 0) is 9.53 Å². The summed E-state index contributed by atoms with van der Waals surface area (Å²) in [5, 5.41) is 20.6. The van der Waals surface area contributed by atoms with Crippen LogP contribution in [0.15, 0.2) is 35.5 Å². The van der Waals surface area contributed by atoms with Crippen LogP contribution in [-0.4, -0.2) is 35.0 Å². The van der Waals surface area contributed by atoms with Crippen molar-refractivity contribution in [3.8, 4) is 0 Å². The number of carbonyl (C=O) groups is 1. The van der Waals surface area contributed by atoms with Gasteiger partial charge in [-0.15, -0.1) is 0 Å². The summed E-state index contributed by atoms with van der Waals surface area (Å²) in [6, 6.07) is 0. The second kappa shape index (κ2) is 10.5. The first kappa shape index (κ1) is 26.2. The zero-order valence-electron chi connectivity index (χ0n) is 21.5. The van der Waals surface area contributed by atoms with E-state index in [2.05, 4.69) is 32.6 Å². The van der Waals surface area contributed by atoms with Crippen LogP contribution in [0.2, 0.25) is 0 Å². The molecule has 0 amide bonds. The molecule has 3 saturated carbocycles.